The Kier molecular flexibility index (Phi) is 7.26. The van der Waals surface area contributed by atoms with Crippen molar-refractivity contribution in [2.75, 3.05) is 9.80 Å². The number of benzene rings is 3. The van der Waals surface area contributed by atoms with Crippen LogP contribution in [0.15, 0.2) is 72.8 Å². The van der Waals surface area contributed by atoms with Crippen LogP contribution in [0.25, 0.3) is 0 Å². The second-order valence-corrected chi connectivity index (χ2v) is 8.93. The Hall–Kier alpha value is -3.91. The Labute approximate surface area is 212 Å². The SMILES string of the molecule is CC(=O)N(c1ccc(Cl)cc1)[C@@H]1C[C@H](C)N(C(=O)c2ccc(OC(F)C(=O)O)cc2)c2ccccc21. The normalized spacial score (nSPS) is 17.6. The maximum Gasteiger partial charge on any atom is 0.378 e. The van der Waals surface area contributed by atoms with Crippen LogP contribution in [0.4, 0.5) is 15.8 Å². The number of alkyl halides is 1. The minimum absolute atomic E-state index is 0.00586. The number of carboxylic acid groups (broad SMARTS) is 1. The van der Waals surface area contributed by atoms with Gasteiger partial charge in [0.1, 0.15) is 5.75 Å². The number of halogens is 2. The lowest BCUT2D eigenvalue weighted by Crippen LogP contribution is -2.47. The van der Waals surface area contributed by atoms with Gasteiger partial charge in [0.15, 0.2) is 0 Å². The van der Waals surface area contributed by atoms with Gasteiger partial charge in [0.25, 0.3) is 5.91 Å². The topological polar surface area (TPSA) is 87.2 Å². The number of hydrogen-bond donors (Lipinski definition) is 1. The Balaban J connectivity index is 1.66. The molecule has 0 radical (unpaired) electrons. The molecule has 186 valence electrons. The first-order valence-corrected chi connectivity index (χ1v) is 11.7. The Morgan fingerprint density at radius 3 is 2.31 bits per heavy atom. The van der Waals surface area contributed by atoms with E-state index in [0.29, 0.717) is 28.4 Å². The van der Waals surface area contributed by atoms with E-state index in [2.05, 4.69) is 0 Å². The van der Waals surface area contributed by atoms with Gasteiger partial charge in [0, 0.05) is 34.9 Å². The second-order valence-electron chi connectivity index (χ2n) is 8.50. The summed E-state index contributed by atoms with van der Waals surface area (Å²) in [6.07, 6.45) is -2.00. The van der Waals surface area contributed by atoms with Gasteiger partial charge in [-0.3, -0.25) is 9.59 Å². The summed E-state index contributed by atoms with van der Waals surface area (Å²) in [6.45, 7) is 3.43. The standard InChI is InChI=1S/C27H24ClFN2O5/c1-16-15-24(31(17(2)32)20-11-9-19(28)10-12-20)22-5-3-4-6-23(22)30(16)26(33)18-7-13-21(14-8-18)36-25(29)27(34)35/h3-14,16,24-25H,15H2,1-2H3,(H,34,35)/t16-,24+,25?/m0/s1. The van der Waals surface area contributed by atoms with Crippen LogP contribution in [0.2, 0.25) is 5.02 Å². The average Bonchev–Trinajstić information content (AvgIpc) is 2.85. The number of ether oxygens (including phenoxy) is 1. The lowest BCUT2D eigenvalue weighted by atomic mass is 9.89. The number of carbonyl (C=O) groups excluding carboxylic acids is 2. The maximum absolute atomic E-state index is 13.6. The van der Waals surface area contributed by atoms with E-state index in [1.54, 1.807) is 34.1 Å². The van der Waals surface area contributed by atoms with Crippen molar-refractivity contribution in [2.24, 2.45) is 0 Å². The van der Waals surface area contributed by atoms with Crippen molar-refractivity contribution < 1.29 is 28.6 Å². The summed E-state index contributed by atoms with van der Waals surface area (Å²) in [5.74, 6) is -2.15. The Morgan fingerprint density at radius 2 is 1.69 bits per heavy atom. The van der Waals surface area contributed by atoms with Crippen LogP contribution in [-0.2, 0) is 9.59 Å². The summed E-state index contributed by atoms with van der Waals surface area (Å²) in [5, 5.41) is 9.23. The molecule has 0 aliphatic carbocycles. The number of carbonyl (C=O) groups is 3. The summed E-state index contributed by atoms with van der Waals surface area (Å²) >= 11 is 6.05. The van der Waals surface area contributed by atoms with Crippen molar-refractivity contribution in [3.63, 3.8) is 0 Å². The predicted molar refractivity (Wildman–Crippen MR) is 134 cm³/mol. The Morgan fingerprint density at radius 1 is 1.06 bits per heavy atom. The highest BCUT2D eigenvalue weighted by Gasteiger charge is 2.38. The zero-order valence-electron chi connectivity index (χ0n) is 19.6. The van der Waals surface area contributed by atoms with Crippen molar-refractivity contribution in [3.8, 4) is 5.75 Å². The van der Waals surface area contributed by atoms with Crippen LogP contribution < -0.4 is 14.5 Å². The highest BCUT2D eigenvalue weighted by atomic mass is 35.5. The number of amides is 2. The first-order valence-electron chi connectivity index (χ1n) is 11.3. The third kappa shape index (κ3) is 5.04. The predicted octanol–water partition coefficient (Wildman–Crippen LogP) is 5.63. The molecule has 0 fully saturated rings. The first-order chi connectivity index (χ1) is 17.2. The Bertz CT molecular complexity index is 1280. The highest BCUT2D eigenvalue weighted by molar-refractivity contribution is 6.30. The molecule has 0 spiro atoms. The van der Waals surface area contributed by atoms with Crippen LogP contribution in [-0.4, -0.2) is 35.3 Å². The molecule has 0 saturated heterocycles. The van der Waals surface area contributed by atoms with Crippen molar-refractivity contribution in [1.82, 2.24) is 0 Å². The summed E-state index contributed by atoms with van der Waals surface area (Å²) in [5.41, 5.74) is 2.55. The van der Waals surface area contributed by atoms with E-state index in [-0.39, 0.29) is 29.6 Å². The molecule has 4 rings (SSSR count). The van der Waals surface area contributed by atoms with Gasteiger partial charge in [-0.15, -0.1) is 0 Å². The van der Waals surface area contributed by atoms with E-state index < -0.39 is 12.3 Å². The molecule has 3 atom stereocenters. The van der Waals surface area contributed by atoms with Crippen LogP contribution in [0, 0.1) is 0 Å². The molecular formula is C27H24ClFN2O5. The molecule has 1 aliphatic rings. The quantitative estimate of drug-likeness (QED) is 0.464. The summed E-state index contributed by atoms with van der Waals surface area (Å²) in [6, 6.07) is 19.6. The van der Waals surface area contributed by atoms with Crippen molar-refractivity contribution in [3.05, 3.63) is 88.9 Å². The van der Waals surface area contributed by atoms with Crippen LogP contribution in [0.5, 0.6) is 5.75 Å². The van der Waals surface area contributed by atoms with E-state index in [9.17, 15) is 18.8 Å². The lowest BCUT2D eigenvalue weighted by Gasteiger charge is -2.43. The third-order valence-electron chi connectivity index (χ3n) is 6.07. The largest absolute Gasteiger partial charge is 0.476 e. The number of aliphatic carboxylic acids is 1. The number of nitrogens with zero attached hydrogens (tertiary/aromatic N) is 2. The van der Waals surface area contributed by atoms with Gasteiger partial charge < -0.3 is 19.6 Å². The number of anilines is 2. The van der Waals surface area contributed by atoms with Crippen LogP contribution in [0.3, 0.4) is 0 Å². The fraction of sp³-hybridized carbons (Fsp3) is 0.222. The molecule has 0 bridgehead atoms. The van der Waals surface area contributed by atoms with E-state index >= 15 is 0 Å². The molecule has 9 heteroatoms. The van der Waals surface area contributed by atoms with Crippen molar-refractivity contribution in [2.45, 2.75) is 38.7 Å². The molecule has 0 saturated carbocycles. The minimum Gasteiger partial charge on any atom is -0.476 e. The minimum atomic E-state index is -2.50. The van der Waals surface area contributed by atoms with E-state index in [0.717, 1.165) is 5.56 Å². The van der Waals surface area contributed by atoms with Gasteiger partial charge in [-0.25, -0.2) is 4.79 Å². The van der Waals surface area contributed by atoms with Crippen molar-refractivity contribution >= 4 is 40.8 Å². The molecule has 0 aromatic heterocycles. The van der Waals surface area contributed by atoms with Crippen molar-refractivity contribution in [1.29, 1.82) is 0 Å². The average molecular weight is 511 g/mol. The number of hydrogen-bond acceptors (Lipinski definition) is 4. The highest BCUT2D eigenvalue weighted by Crippen LogP contribution is 2.43. The summed E-state index contributed by atoms with van der Waals surface area (Å²) < 4.78 is 18.1. The maximum atomic E-state index is 13.6. The van der Waals surface area contributed by atoms with Gasteiger partial charge >= 0.3 is 12.3 Å². The molecule has 7 nitrogen and oxygen atoms in total. The van der Waals surface area contributed by atoms with Gasteiger partial charge in [0.05, 0.1) is 6.04 Å². The molecule has 3 aromatic rings. The molecule has 36 heavy (non-hydrogen) atoms. The molecule has 1 aliphatic heterocycles. The van der Waals surface area contributed by atoms with Crippen LogP contribution in [0.1, 0.15) is 42.2 Å². The molecule has 3 aromatic carbocycles. The summed E-state index contributed by atoms with van der Waals surface area (Å²) in [4.78, 5) is 40.4. The summed E-state index contributed by atoms with van der Waals surface area (Å²) in [7, 11) is 0. The van der Waals surface area contributed by atoms with Gasteiger partial charge in [-0.1, -0.05) is 29.8 Å². The fourth-order valence-electron chi connectivity index (χ4n) is 4.50. The lowest BCUT2D eigenvalue weighted by molar-refractivity contribution is -0.153. The first kappa shape index (κ1) is 25.2. The number of rotatable bonds is 6. The van der Waals surface area contributed by atoms with Gasteiger partial charge in [0.2, 0.25) is 5.91 Å². The third-order valence-corrected chi connectivity index (χ3v) is 6.32. The van der Waals surface area contributed by atoms with E-state index in [4.69, 9.17) is 21.4 Å². The smallest absolute Gasteiger partial charge is 0.378 e. The monoisotopic (exact) mass is 510 g/mol. The molecular weight excluding hydrogens is 487 g/mol. The number of para-hydroxylation sites is 1. The number of fused-ring (bicyclic) bond motifs is 1. The molecule has 1 heterocycles. The van der Waals surface area contributed by atoms with Gasteiger partial charge in [-0.05, 0) is 73.5 Å². The van der Waals surface area contributed by atoms with Gasteiger partial charge in [-0.2, -0.15) is 4.39 Å². The molecule has 1 N–H and O–H groups in total. The molecule has 1 unspecified atom stereocenters. The second kappa shape index (κ2) is 10.4. The van der Waals surface area contributed by atoms with E-state index in [1.807, 2.05) is 31.2 Å². The molecule has 2 amide bonds. The van der Waals surface area contributed by atoms with Crippen LogP contribution >= 0.6 is 11.6 Å². The zero-order chi connectivity index (χ0) is 26.0. The zero-order valence-corrected chi connectivity index (χ0v) is 20.4. The number of carboxylic acids is 1. The van der Waals surface area contributed by atoms with E-state index in [1.165, 1.54) is 31.2 Å². The fourth-order valence-corrected chi connectivity index (χ4v) is 4.63.